The highest BCUT2D eigenvalue weighted by Crippen LogP contribution is 2.15. The summed E-state index contributed by atoms with van der Waals surface area (Å²) in [7, 11) is 0. The predicted molar refractivity (Wildman–Crippen MR) is 136 cm³/mol. The maximum Gasteiger partial charge on any atom is -0.0386 e. The maximum absolute atomic E-state index is 2.48. The average Bonchev–Trinajstić information content (AvgIpc) is 2.74. The first-order valence-electron chi connectivity index (χ1n) is 14.2. The lowest BCUT2D eigenvalue weighted by atomic mass is 10.0. The summed E-state index contributed by atoms with van der Waals surface area (Å²) in [4.78, 5) is 0. The Labute approximate surface area is 187 Å². The quantitative estimate of drug-likeness (QED) is 0.125. The summed E-state index contributed by atoms with van der Waals surface area (Å²) in [5.41, 5.74) is 0. The second kappa shape index (κ2) is 28.0. The third-order valence-electron chi connectivity index (χ3n) is 6.50. The van der Waals surface area contributed by atoms with Gasteiger partial charge in [-0.2, -0.15) is 0 Å². The summed E-state index contributed by atoms with van der Waals surface area (Å²) in [5, 5.41) is 0. The van der Waals surface area contributed by atoms with E-state index in [1.165, 1.54) is 167 Å². The van der Waals surface area contributed by atoms with Crippen molar-refractivity contribution in [3.05, 3.63) is 6.42 Å². The molecule has 0 heteroatoms. The molecule has 0 rings (SSSR count). The molecule has 0 nitrogen and oxygen atoms in total. The van der Waals surface area contributed by atoms with Crippen molar-refractivity contribution in [3.8, 4) is 0 Å². The summed E-state index contributed by atoms with van der Waals surface area (Å²) in [6.07, 6.45) is 40.4. The van der Waals surface area contributed by atoms with E-state index in [1.807, 2.05) is 0 Å². The van der Waals surface area contributed by atoms with Gasteiger partial charge in [0.15, 0.2) is 0 Å². The van der Waals surface area contributed by atoms with Crippen LogP contribution in [0.2, 0.25) is 0 Å². The Kier molecular flexibility index (Phi) is 28.0. The van der Waals surface area contributed by atoms with Gasteiger partial charge in [-0.15, -0.1) is 0 Å². The zero-order valence-corrected chi connectivity index (χ0v) is 21.0. The van der Waals surface area contributed by atoms with Crippen molar-refractivity contribution in [2.45, 2.75) is 181 Å². The second-order valence-electron chi connectivity index (χ2n) is 9.64. The Morgan fingerprint density at radius 1 is 0.276 bits per heavy atom. The van der Waals surface area contributed by atoms with E-state index in [0.717, 1.165) is 0 Å². The fourth-order valence-corrected chi connectivity index (χ4v) is 4.42. The number of unbranched alkanes of at least 4 members (excludes halogenated alkanes) is 26. The first-order chi connectivity index (χ1) is 14.4. The van der Waals surface area contributed by atoms with Crippen LogP contribution in [0.5, 0.6) is 0 Å². The molecule has 1 radical (unpaired) electrons. The van der Waals surface area contributed by atoms with Gasteiger partial charge in [0.1, 0.15) is 0 Å². The molecule has 0 bridgehead atoms. The van der Waals surface area contributed by atoms with Crippen LogP contribution in [-0.2, 0) is 0 Å². The third-order valence-corrected chi connectivity index (χ3v) is 6.50. The van der Waals surface area contributed by atoms with E-state index in [0.29, 0.717) is 0 Å². The van der Waals surface area contributed by atoms with Crippen LogP contribution in [0.1, 0.15) is 181 Å². The number of rotatable bonds is 26. The van der Waals surface area contributed by atoms with Crippen LogP contribution in [0.25, 0.3) is 0 Å². The first-order valence-corrected chi connectivity index (χ1v) is 14.2. The molecule has 0 saturated carbocycles. The first kappa shape index (κ1) is 29.0. The van der Waals surface area contributed by atoms with Gasteiger partial charge < -0.3 is 0 Å². The molecule has 0 heterocycles. The lowest BCUT2D eigenvalue weighted by Crippen LogP contribution is -1.84. The van der Waals surface area contributed by atoms with Crippen LogP contribution in [-0.4, -0.2) is 0 Å². The molecule has 0 aromatic rings. The van der Waals surface area contributed by atoms with Gasteiger partial charge in [0, 0.05) is 0 Å². The normalized spacial score (nSPS) is 11.4. The van der Waals surface area contributed by atoms with Gasteiger partial charge in [0.2, 0.25) is 0 Å². The molecular weight excluding hydrogens is 348 g/mol. The van der Waals surface area contributed by atoms with Gasteiger partial charge in [-0.25, -0.2) is 0 Å². The van der Waals surface area contributed by atoms with Crippen LogP contribution in [0.4, 0.5) is 0 Å². The van der Waals surface area contributed by atoms with Crippen molar-refractivity contribution < 1.29 is 0 Å². The molecule has 0 saturated heterocycles. The minimum Gasteiger partial charge on any atom is -0.0654 e. The van der Waals surface area contributed by atoms with Gasteiger partial charge in [0.05, 0.1) is 0 Å². The van der Waals surface area contributed by atoms with E-state index in [2.05, 4.69) is 20.3 Å². The molecule has 0 aliphatic heterocycles. The van der Waals surface area contributed by atoms with E-state index in [-0.39, 0.29) is 0 Å². The van der Waals surface area contributed by atoms with E-state index in [9.17, 15) is 0 Å². The topological polar surface area (TPSA) is 0 Å². The molecule has 0 aromatic heterocycles. The Morgan fingerprint density at radius 2 is 0.552 bits per heavy atom. The van der Waals surface area contributed by atoms with Gasteiger partial charge in [0.25, 0.3) is 0 Å². The zero-order valence-electron chi connectivity index (χ0n) is 21.0. The highest BCUT2D eigenvalue weighted by molar-refractivity contribution is 4.63. The molecular formula is C29H59. The molecule has 0 fully saturated rings. The lowest BCUT2D eigenvalue weighted by molar-refractivity contribution is 0.517. The van der Waals surface area contributed by atoms with E-state index in [4.69, 9.17) is 0 Å². The van der Waals surface area contributed by atoms with Gasteiger partial charge in [-0.3, -0.25) is 0 Å². The van der Waals surface area contributed by atoms with Crippen molar-refractivity contribution in [2.75, 3.05) is 0 Å². The zero-order chi connectivity index (χ0) is 21.1. The summed E-state index contributed by atoms with van der Waals surface area (Å²) in [6, 6.07) is 0. The van der Waals surface area contributed by atoms with E-state index >= 15 is 0 Å². The molecule has 0 atom stereocenters. The highest BCUT2D eigenvalue weighted by atomic mass is 14.0. The molecule has 0 N–H and O–H groups in total. The van der Waals surface area contributed by atoms with Crippen molar-refractivity contribution in [1.82, 2.24) is 0 Å². The lowest BCUT2D eigenvalue weighted by Gasteiger charge is -2.04. The molecule has 0 amide bonds. The molecule has 29 heavy (non-hydrogen) atoms. The highest BCUT2D eigenvalue weighted by Gasteiger charge is 1.96. The summed E-state index contributed by atoms with van der Waals surface area (Å²) >= 11 is 0. The fraction of sp³-hybridized carbons (Fsp3) is 0.966. The van der Waals surface area contributed by atoms with E-state index < -0.39 is 0 Å². The Balaban J connectivity index is 2.97. The number of hydrogen-bond acceptors (Lipinski definition) is 0. The van der Waals surface area contributed by atoms with Crippen LogP contribution in [0.15, 0.2) is 0 Å². The van der Waals surface area contributed by atoms with Gasteiger partial charge >= 0.3 is 0 Å². The monoisotopic (exact) mass is 407 g/mol. The molecule has 0 unspecified atom stereocenters. The molecule has 0 aromatic carbocycles. The molecule has 0 spiro atoms. The molecule has 0 aliphatic carbocycles. The van der Waals surface area contributed by atoms with E-state index in [1.54, 1.807) is 0 Å². The Hall–Kier alpha value is 0. The minimum atomic E-state index is 1.32. The van der Waals surface area contributed by atoms with Crippen molar-refractivity contribution in [3.63, 3.8) is 0 Å². The van der Waals surface area contributed by atoms with Crippen LogP contribution >= 0.6 is 0 Å². The Bertz CT molecular complexity index is 231. The van der Waals surface area contributed by atoms with Crippen molar-refractivity contribution >= 4 is 0 Å². The minimum absolute atomic E-state index is 1.32. The summed E-state index contributed by atoms with van der Waals surface area (Å²) in [6.45, 7) is 4.58. The van der Waals surface area contributed by atoms with Gasteiger partial charge in [-0.1, -0.05) is 181 Å². The van der Waals surface area contributed by atoms with Crippen LogP contribution in [0.3, 0.4) is 0 Å². The van der Waals surface area contributed by atoms with Crippen LogP contribution < -0.4 is 0 Å². The average molecular weight is 408 g/mol. The van der Waals surface area contributed by atoms with Crippen molar-refractivity contribution in [1.29, 1.82) is 0 Å². The summed E-state index contributed by atoms with van der Waals surface area (Å²) < 4.78 is 0. The molecule has 0 aliphatic rings. The second-order valence-corrected chi connectivity index (χ2v) is 9.64. The standard InChI is InChI=1S/C29H59/c1-3-5-7-9-11-13-15-17-19-21-23-25-27-29-28-26-24-22-20-18-16-14-12-10-8-6-4-2/h7H,3-6,8-29H2,1-2H3. The smallest absolute Gasteiger partial charge is 0.0386 e. The molecule has 175 valence electrons. The predicted octanol–water partition coefficient (Wildman–Crippen LogP) is 11.4. The fourth-order valence-electron chi connectivity index (χ4n) is 4.42. The Morgan fingerprint density at radius 3 is 0.828 bits per heavy atom. The SMILES string of the molecule is CCC[CH]CCCCCCCCCCCCCCCCCCCCCCCCC. The van der Waals surface area contributed by atoms with Gasteiger partial charge in [-0.05, 0) is 6.42 Å². The van der Waals surface area contributed by atoms with Crippen LogP contribution in [0, 0.1) is 6.42 Å². The summed E-state index contributed by atoms with van der Waals surface area (Å²) in [5.74, 6) is 0. The number of hydrogen-bond donors (Lipinski definition) is 0. The van der Waals surface area contributed by atoms with Crippen molar-refractivity contribution in [2.24, 2.45) is 0 Å². The largest absolute Gasteiger partial charge is 0.0654 e. The third kappa shape index (κ3) is 28.0. The maximum atomic E-state index is 2.48.